The second-order valence-corrected chi connectivity index (χ2v) is 19.3. The number of nitrogens with zero attached hydrogens (tertiary/aromatic N) is 8. The number of fused-ring (bicyclic) bond motifs is 1. The average molecular weight is 642 g/mol. The lowest BCUT2D eigenvalue weighted by Gasteiger charge is -2.53. The summed E-state index contributed by atoms with van der Waals surface area (Å²) in [5, 5.41) is 15.4. The molecule has 13 heteroatoms. The number of carbonyl (C=O) groups is 1. The molecule has 2 N–H and O–H groups in total. The summed E-state index contributed by atoms with van der Waals surface area (Å²) in [6.07, 6.45) is 7.20. The van der Waals surface area contributed by atoms with Crippen molar-refractivity contribution in [3.05, 3.63) is 60.7 Å². The molecular weight excluding hydrogens is 599 g/mol. The number of likely N-dealkylation sites (tertiary alicyclic amines) is 2. The fourth-order valence-corrected chi connectivity index (χ4v) is 7.11. The fraction of sp³-hybridized carbons (Fsp3) is 0.485. The molecule has 2 aliphatic rings. The number of rotatable bonds is 11. The Morgan fingerprint density at radius 2 is 1.89 bits per heavy atom. The Bertz CT molecular complexity index is 1690. The summed E-state index contributed by atoms with van der Waals surface area (Å²) in [5.74, 6) is 0.372. The number of carbonyl (C=O) groups excluding carboxylic acids is 1. The SMILES string of the molecule is C[Si](C)(C)CCOCn1ccc2c(-c3cn(C4(CC#N)CN(C5CCN(C(=O)OCc6ccccc6)CC5)C4)nc3N)ncnc21. The van der Waals surface area contributed by atoms with Gasteiger partial charge in [0.05, 0.1) is 23.7 Å². The molecule has 12 nitrogen and oxygen atoms in total. The molecule has 0 bridgehead atoms. The predicted molar refractivity (Wildman–Crippen MR) is 178 cm³/mol. The van der Waals surface area contributed by atoms with Crippen LogP contribution in [0.4, 0.5) is 10.6 Å². The molecule has 0 unspecified atom stereocenters. The maximum Gasteiger partial charge on any atom is 0.410 e. The van der Waals surface area contributed by atoms with Crippen LogP contribution in [0.2, 0.25) is 25.7 Å². The number of piperidine rings is 1. The lowest BCUT2D eigenvalue weighted by Crippen LogP contribution is -2.66. The van der Waals surface area contributed by atoms with Crippen LogP contribution in [0, 0.1) is 11.3 Å². The predicted octanol–water partition coefficient (Wildman–Crippen LogP) is 4.92. The molecule has 0 radical (unpaired) electrons. The van der Waals surface area contributed by atoms with E-state index in [0.29, 0.717) is 56.9 Å². The molecule has 1 aromatic carbocycles. The Hall–Kier alpha value is -4.25. The van der Waals surface area contributed by atoms with E-state index in [2.05, 4.69) is 40.6 Å². The lowest BCUT2D eigenvalue weighted by atomic mass is 9.84. The molecule has 1 amide bonds. The zero-order valence-corrected chi connectivity index (χ0v) is 27.9. The Morgan fingerprint density at radius 3 is 2.61 bits per heavy atom. The van der Waals surface area contributed by atoms with Crippen LogP contribution in [0.25, 0.3) is 22.3 Å². The van der Waals surface area contributed by atoms with Gasteiger partial charge in [-0.2, -0.15) is 10.4 Å². The van der Waals surface area contributed by atoms with Crippen LogP contribution >= 0.6 is 0 Å². The van der Waals surface area contributed by atoms with Gasteiger partial charge in [-0.15, -0.1) is 0 Å². The first-order valence-corrected chi connectivity index (χ1v) is 19.7. The van der Waals surface area contributed by atoms with Crippen molar-refractivity contribution in [3.63, 3.8) is 0 Å². The Labute approximate surface area is 270 Å². The first-order valence-electron chi connectivity index (χ1n) is 16.0. The quantitative estimate of drug-likeness (QED) is 0.179. The summed E-state index contributed by atoms with van der Waals surface area (Å²) >= 11 is 0. The van der Waals surface area contributed by atoms with Gasteiger partial charge in [-0.05, 0) is 30.5 Å². The van der Waals surface area contributed by atoms with Gasteiger partial charge in [-0.25, -0.2) is 14.8 Å². The highest BCUT2D eigenvalue weighted by atomic mass is 28.3. The van der Waals surface area contributed by atoms with Gasteiger partial charge < -0.3 is 24.7 Å². The minimum Gasteiger partial charge on any atom is -0.445 e. The standard InChI is InChI=1S/C33H43N9O3Si/c1-46(2,3)18-17-44-24-40-16-11-27-29(36-23-37-31(27)40)28-19-42(38-30(28)35)33(12-13-34)21-41(22-33)26-9-14-39(15-10-26)32(43)45-20-25-7-5-4-6-8-25/h4-8,11,16,19,23,26H,9-10,12,14-15,17-18,20-22,24H2,1-3H3,(H2,35,38). The van der Waals surface area contributed by atoms with E-state index in [1.165, 1.54) is 0 Å². The molecule has 0 aliphatic carbocycles. The summed E-state index contributed by atoms with van der Waals surface area (Å²) in [5.41, 5.74) is 9.21. The van der Waals surface area contributed by atoms with Crippen molar-refractivity contribution < 1.29 is 14.3 Å². The summed E-state index contributed by atoms with van der Waals surface area (Å²) in [7, 11) is -1.17. The summed E-state index contributed by atoms with van der Waals surface area (Å²) in [6, 6.07) is 15.5. The van der Waals surface area contributed by atoms with E-state index >= 15 is 0 Å². The highest BCUT2D eigenvalue weighted by molar-refractivity contribution is 6.76. The minimum absolute atomic E-state index is 0.270. The van der Waals surface area contributed by atoms with Crippen molar-refractivity contribution in [3.8, 4) is 17.3 Å². The van der Waals surface area contributed by atoms with E-state index in [1.807, 2.05) is 58.0 Å². The zero-order valence-electron chi connectivity index (χ0n) is 26.9. The lowest BCUT2D eigenvalue weighted by molar-refractivity contribution is -0.0424. The van der Waals surface area contributed by atoms with Gasteiger partial charge in [0.15, 0.2) is 5.82 Å². The van der Waals surface area contributed by atoms with Gasteiger partial charge in [0.25, 0.3) is 0 Å². The largest absolute Gasteiger partial charge is 0.445 e. The molecule has 2 fully saturated rings. The number of aromatic nitrogens is 5. The number of nitriles is 1. The normalized spacial score (nSPS) is 17.1. The maximum absolute atomic E-state index is 12.6. The van der Waals surface area contributed by atoms with E-state index < -0.39 is 13.6 Å². The van der Waals surface area contributed by atoms with Crippen molar-refractivity contribution in [2.45, 2.75) is 69.9 Å². The van der Waals surface area contributed by atoms with Crippen LogP contribution in [-0.2, 0) is 28.4 Å². The first-order chi connectivity index (χ1) is 22.2. The smallest absolute Gasteiger partial charge is 0.410 e. The molecule has 0 spiro atoms. The van der Waals surface area contributed by atoms with Crippen molar-refractivity contribution in [2.24, 2.45) is 0 Å². The number of hydrogen-bond acceptors (Lipinski definition) is 9. The van der Waals surface area contributed by atoms with Crippen molar-refractivity contribution in [1.82, 2.24) is 34.1 Å². The van der Waals surface area contributed by atoms with E-state index in [1.54, 1.807) is 11.2 Å². The number of nitrogen functional groups attached to an aromatic ring is 1. The molecule has 0 saturated carbocycles. The highest BCUT2D eigenvalue weighted by Gasteiger charge is 2.48. The molecule has 0 atom stereocenters. The van der Waals surface area contributed by atoms with Crippen LogP contribution in [0.5, 0.6) is 0 Å². The average Bonchev–Trinajstić information content (AvgIpc) is 3.63. The number of ether oxygens (including phenoxy) is 2. The first kappa shape index (κ1) is 31.7. The van der Waals surface area contributed by atoms with E-state index in [0.717, 1.165) is 47.7 Å². The third kappa shape index (κ3) is 6.79. The Morgan fingerprint density at radius 1 is 1.13 bits per heavy atom. The van der Waals surface area contributed by atoms with Crippen LogP contribution < -0.4 is 5.73 Å². The monoisotopic (exact) mass is 641 g/mol. The second kappa shape index (κ2) is 13.2. The molecule has 5 heterocycles. The van der Waals surface area contributed by atoms with E-state index in [4.69, 9.17) is 20.3 Å². The Balaban J connectivity index is 1.09. The van der Waals surface area contributed by atoms with E-state index in [9.17, 15) is 10.1 Å². The van der Waals surface area contributed by atoms with Crippen LogP contribution in [0.3, 0.4) is 0 Å². The van der Waals surface area contributed by atoms with Crippen molar-refractivity contribution in [1.29, 1.82) is 5.26 Å². The van der Waals surface area contributed by atoms with Crippen molar-refractivity contribution in [2.75, 3.05) is 38.5 Å². The molecule has 6 rings (SSSR count). The van der Waals surface area contributed by atoms with Crippen LogP contribution in [0.15, 0.2) is 55.1 Å². The third-order valence-electron chi connectivity index (χ3n) is 9.11. The molecule has 2 aliphatic heterocycles. The molecule has 242 valence electrons. The van der Waals surface area contributed by atoms with Gasteiger partial charge in [0, 0.05) is 64.7 Å². The molecular formula is C33H43N9O3Si. The second-order valence-electron chi connectivity index (χ2n) is 13.7. The van der Waals surface area contributed by atoms with Gasteiger partial charge in [-0.3, -0.25) is 9.58 Å². The van der Waals surface area contributed by atoms with Gasteiger partial charge in [0.2, 0.25) is 0 Å². The topological polar surface area (TPSA) is 140 Å². The van der Waals surface area contributed by atoms with Gasteiger partial charge in [-0.1, -0.05) is 50.0 Å². The minimum atomic E-state index is -1.17. The molecule has 3 aromatic heterocycles. The fourth-order valence-electron chi connectivity index (χ4n) is 6.35. The number of amides is 1. The van der Waals surface area contributed by atoms with Gasteiger partial charge in [0.1, 0.15) is 30.9 Å². The molecule has 2 saturated heterocycles. The summed E-state index contributed by atoms with van der Waals surface area (Å²) in [4.78, 5) is 26.0. The Kier molecular flexibility index (Phi) is 9.12. The number of hydrogen-bond donors (Lipinski definition) is 1. The highest BCUT2D eigenvalue weighted by Crippen LogP contribution is 2.39. The summed E-state index contributed by atoms with van der Waals surface area (Å²) < 4.78 is 15.4. The third-order valence-corrected chi connectivity index (χ3v) is 10.8. The summed E-state index contributed by atoms with van der Waals surface area (Å²) in [6.45, 7) is 11.1. The van der Waals surface area contributed by atoms with E-state index in [-0.39, 0.29) is 12.7 Å². The number of anilines is 1. The number of benzene rings is 1. The maximum atomic E-state index is 12.6. The van der Waals surface area contributed by atoms with Crippen LogP contribution in [0.1, 0.15) is 24.8 Å². The molecule has 4 aromatic rings. The zero-order chi connectivity index (χ0) is 32.3. The van der Waals surface area contributed by atoms with Crippen LogP contribution in [-0.4, -0.2) is 87.1 Å². The number of nitrogens with two attached hydrogens (primary N) is 1. The van der Waals surface area contributed by atoms with Crippen molar-refractivity contribution >= 4 is 31.0 Å². The van der Waals surface area contributed by atoms with Gasteiger partial charge >= 0.3 is 6.09 Å². The molecule has 46 heavy (non-hydrogen) atoms.